The average Bonchev–Trinajstić information content (AvgIpc) is 2.50. The van der Waals surface area contributed by atoms with Crippen LogP contribution >= 0.6 is 0 Å². The lowest BCUT2D eigenvalue weighted by Crippen LogP contribution is -2.46. The van der Waals surface area contributed by atoms with Crippen molar-refractivity contribution in [1.29, 1.82) is 0 Å². The minimum atomic E-state index is -0.329. The molecule has 0 N–H and O–H groups in total. The number of methoxy groups -OCH3 is 1. The lowest BCUT2D eigenvalue weighted by Gasteiger charge is -2.36. The van der Waals surface area contributed by atoms with Crippen LogP contribution in [0.3, 0.4) is 0 Å². The summed E-state index contributed by atoms with van der Waals surface area (Å²) in [5.74, 6) is 0.682. The van der Waals surface area contributed by atoms with Crippen molar-refractivity contribution in [3.05, 3.63) is 40.2 Å². The fraction of sp³-hybridized carbons (Fsp3) is 0.471. The highest BCUT2D eigenvalue weighted by molar-refractivity contribution is 5.81. The summed E-state index contributed by atoms with van der Waals surface area (Å²) in [6.07, 6.45) is 0.211. The Morgan fingerprint density at radius 3 is 2.91 bits per heavy atom. The summed E-state index contributed by atoms with van der Waals surface area (Å²) in [5.41, 5.74) is 1.22. The number of morpholine rings is 1. The molecule has 5 heteroatoms. The lowest BCUT2D eigenvalue weighted by atomic mass is 10.1. The first-order valence-corrected chi connectivity index (χ1v) is 7.53. The standard InChI is InChI=1S/C17H21NO4/c1-11-10-21-12(2)8-18(11)9-13-6-17(19)22-16-7-14(20-3)4-5-15(13)16/h4-7,11-12H,8-10H2,1-3H3/t11-,12+/m1/s1. The number of fused-ring (bicyclic) bond motifs is 1. The zero-order chi connectivity index (χ0) is 15.7. The summed E-state index contributed by atoms with van der Waals surface area (Å²) in [6.45, 7) is 6.50. The third-order valence-electron chi connectivity index (χ3n) is 4.15. The number of hydrogen-bond donors (Lipinski definition) is 0. The summed E-state index contributed by atoms with van der Waals surface area (Å²) >= 11 is 0. The molecule has 0 unspecified atom stereocenters. The smallest absolute Gasteiger partial charge is 0.336 e. The van der Waals surface area contributed by atoms with Crippen LogP contribution < -0.4 is 10.4 Å². The van der Waals surface area contributed by atoms with Gasteiger partial charge >= 0.3 is 5.63 Å². The number of hydrogen-bond acceptors (Lipinski definition) is 5. The molecule has 118 valence electrons. The topological polar surface area (TPSA) is 51.9 Å². The van der Waals surface area contributed by atoms with Gasteiger partial charge in [0.15, 0.2) is 0 Å². The van der Waals surface area contributed by atoms with E-state index in [0.717, 1.165) is 17.5 Å². The second-order valence-electron chi connectivity index (χ2n) is 5.88. The molecule has 0 saturated carbocycles. The van der Waals surface area contributed by atoms with E-state index in [1.807, 2.05) is 12.1 Å². The second-order valence-corrected chi connectivity index (χ2v) is 5.88. The van der Waals surface area contributed by atoms with Crippen molar-refractivity contribution < 1.29 is 13.9 Å². The molecule has 1 saturated heterocycles. The quantitative estimate of drug-likeness (QED) is 0.815. The molecule has 1 aromatic heterocycles. The van der Waals surface area contributed by atoms with Gasteiger partial charge in [0.2, 0.25) is 0 Å². The Morgan fingerprint density at radius 1 is 1.32 bits per heavy atom. The molecule has 2 atom stereocenters. The van der Waals surface area contributed by atoms with Crippen molar-refractivity contribution in [3.8, 4) is 5.75 Å². The highest BCUT2D eigenvalue weighted by Gasteiger charge is 2.24. The van der Waals surface area contributed by atoms with Crippen LogP contribution in [0.5, 0.6) is 5.75 Å². The maximum absolute atomic E-state index is 11.8. The zero-order valence-electron chi connectivity index (χ0n) is 13.2. The molecule has 1 aliphatic rings. The second kappa shape index (κ2) is 6.10. The van der Waals surface area contributed by atoms with Crippen LogP contribution in [0.2, 0.25) is 0 Å². The normalized spacial score (nSPS) is 22.9. The van der Waals surface area contributed by atoms with E-state index in [2.05, 4.69) is 18.7 Å². The maximum Gasteiger partial charge on any atom is 0.336 e. The van der Waals surface area contributed by atoms with Crippen molar-refractivity contribution in [2.24, 2.45) is 0 Å². The minimum absolute atomic E-state index is 0.211. The molecule has 2 aromatic rings. The predicted octanol–water partition coefficient (Wildman–Crippen LogP) is 2.41. The van der Waals surface area contributed by atoms with Crippen LogP contribution in [0.1, 0.15) is 19.4 Å². The molecular weight excluding hydrogens is 282 g/mol. The number of rotatable bonds is 3. The Labute approximate surface area is 129 Å². The van der Waals surface area contributed by atoms with Gasteiger partial charge in [0.1, 0.15) is 11.3 Å². The minimum Gasteiger partial charge on any atom is -0.497 e. The van der Waals surface area contributed by atoms with Crippen molar-refractivity contribution in [2.75, 3.05) is 20.3 Å². The van der Waals surface area contributed by atoms with Gasteiger partial charge in [-0.3, -0.25) is 4.90 Å². The van der Waals surface area contributed by atoms with Gasteiger partial charge in [0.05, 0.1) is 19.8 Å². The van der Waals surface area contributed by atoms with Gasteiger partial charge in [-0.1, -0.05) is 0 Å². The van der Waals surface area contributed by atoms with E-state index in [-0.39, 0.29) is 11.7 Å². The summed E-state index contributed by atoms with van der Waals surface area (Å²) in [6, 6.07) is 7.50. The molecule has 2 heterocycles. The highest BCUT2D eigenvalue weighted by Crippen LogP contribution is 2.24. The average molecular weight is 303 g/mol. The first-order chi connectivity index (χ1) is 10.6. The Kier molecular flexibility index (Phi) is 4.18. The van der Waals surface area contributed by atoms with Gasteiger partial charge in [0.25, 0.3) is 0 Å². The van der Waals surface area contributed by atoms with Crippen LogP contribution in [0.25, 0.3) is 11.0 Å². The molecule has 3 rings (SSSR count). The molecule has 0 spiro atoms. The number of benzene rings is 1. The summed E-state index contributed by atoms with van der Waals surface area (Å²) in [5, 5.41) is 0.951. The SMILES string of the molecule is COc1ccc2c(CN3C[C@H](C)OC[C@H]3C)cc(=O)oc2c1. The Bertz CT molecular complexity index is 724. The van der Waals surface area contributed by atoms with Gasteiger partial charge in [0, 0.05) is 36.7 Å². The first kappa shape index (κ1) is 15.1. The van der Waals surface area contributed by atoms with Gasteiger partial charge in [-0.15, -0.1) is 0 Å². The van der Waals surface area contributed by atoms with Gasteiger partial charge in [-0.2, -0.15) is 0 Å². The summed E-state index contributed by atoms with van der Waals surface area (Å²) < 4.78 is 16.2. The van der Waals surface area contributed by atoms with Crippen LogP contribution in [-0.4, -0.2) is 37.3 Å². The van der Waals surface area contributed by atoms with E-state index in [1.54, 1.807) is 19.2 Å². The molecule has 0 bridgehead atoms. The van der Waals surface area contributed by atoms with E-state index < -0.39 is 0 Å². The molecule has 0 radical (unpaired) electrons. The molecule has 1 aliphatic heterocycles. The Morgan fingerprint density at radius 2 is 2.14 bits per heavy atom. The zero-order valence-corrected chi connectivity index (χ0v) is 13.2. The summed E-state index contributed by atoms with van der Waals surface area (Å²) in [4.78, 5) is 14.2. The Hall–Kier alpha value is -1.85. The van der Waals surface area contributed by atoms with E-state index in [4.69, 9.17) is 13.9 Å². The van der Waals surface area contributed by atoms with Crippen molar-refractivity contribution in [1.82, 2.24) is 4.90 Å². The lowest BCUT2D eigenvalue weighted by molar-refractivity contribution is -0.0525. The Balaban J connectivity index is 1.97. The molecule has 1 fully saturated rings. The van der Waals surface area contributed by atoms with Gasteiger partial charge in [-0.05, 0) is 31.5 Å². The monoisotopic (exact) mass is 303 g/mol. The summed E-state index contributed by atoms with van der Waals surface area (Å²) in [7, 11) is 1.60. The van der Waals surface area contributed by atoms with E-state index in [1.165, 1.54) is 0 Å². The molecule has 22 heavy (non-hydrogen) atoms. The third-order valence-corrected chi connectivity index (χ3v) is 4.15. The first-order valence-electron chi connectivity index (χ1n) is 7.53. The number of nitrogens with zero attached hydrogens (tertiary/aromatic N) is 1. The van der Waals surface area contributed by atoms with Crippen LogP contribution in [0.15, 0.2) is 33.5 Å². The van der Waals surface area contributed by atoms with E-state index in [0.29, 0.717) is 30.5 Å². The largest absolute Gasteiger partial charge is 0.497 e. The molecule has 0 aliphatic carbocycles. The predicted molar refractivity (Wildman–Crippen MR) is 84.3 cm³/mol. The van der Waals surface area contributed by atoms with E-state index >= 15 is 0 Å². The van der Waals surface area contributed by atoms with Crippen molar-refractivity contribution >= 4 is 11.0 Å². The number of ether oxygens (including phenoxy) is 2. The molecule has 0 amide bonds. The van der Waals surface area contributed by atoms with Crippen LogP contribution in [0.4, 0.5) is 0 Å². The van der Waals surface area contributed by atoms with Crippen molar-refractivity contribution in [2.45, 2.75) is 32.5 Å². The fourth-order valence-electron chi connectivity index (χ4n) is 2.88. The van der Waals surface area contributed by atoms with Gasteiger partial charge < -0.3 is 13.9 Å². The third kappa shape index (κ3) is 3.00. The van der Waals surface area contributed by atoms with E-state index in [9.17, 15) is 4.79 Å². The molecule has 1 aromatic carbocycles. The highest BCUT2D eigenvalue weighted by atomic mass is 16.5. The van der Waals surface area contributed by atoms with Crippen molar-refractivity contribution in [3.63, 3.8) is 0 Å². The van der Waals surface area contributed by atoms with Gasteiger partial charge in [-0.25, -0.2) is 4.79 Å². The fourth-order valence-corrected chi connectivity index (χ4v) is 2.88. The maximum atomic E-state index is 11.8. The molecular formula is C17H21NO4. The van der Waals surface area contributed by atoms with Crippen LogP contribution in [0, 0.1) is 0 Å². The van der Waals surface area contributed by atoms with Crippen LogP contribution in [-0.2, 0) is 11.3 Å². The molecule has 5 nitrogen and oxygen atoms in total.